The number of nitrogens with zero attached hydrogens (tertiary/aromatic N) is 5. The molecule has 0 bridgehead atoms. The molecule has 0 radical (unpaired) electrons. The molecule has 37 heavy (non-hydrogen) atoms. The number of para-hydroxylation sites is 1. The molecule has 1 aromatic carbocycles. The molecule has 0 aliphatic carbocycles. The van der Waals surface area contributed by atoms with Crippen LogP contribution in [0, 0.1) is 19.8 Å². The highest BCUT2D eigenvalue weighted by molar-refractivity contribution is 7.89. The van der Waals surface area contributed by atoms with Crippen molar-refractivity contribution in [1.29, 1.82) is 0 Å². The molecule has 3 aliphatic rings. The second-order valence-electron chi connectivity index (χ2n) is 10.5. The summed E-state index contributed by atoms with van der Waals surface area (Å²) in [7, 11) is -3.79. The summed E-state index contributed by atoms with van der Waals surface area (Å²) in [5.41, 5.74) is 2.93. The minimum absolute atomic E-state index is 0.0110. The molecule has 0 atom stereocenters. The molecule has 5 rings (SSSR count). The highest BCUT2D eigenvalue weighted by Gasteiger charge is 2.37. The molecule has 1 aromatic heterocycles. The Bertz CT molecular complexity index is 1270. The maximum Gasteiger partial charge on any atom is 0.248 e. The molecule has 2 amide bonds. The van der Waals surface area contributed by atoms with Gasteiger partial charge in [0.05, 0.1) is 11.4 Å². The molecule has 0 N–H and O–H groups in total. The molecule has 4 heterocycles. The Morgan fingerprint density at radius 2 is 1.62 bits per heavy atom. The van der Waals surface area contributed by atoms with Gasteiger partial charge < -0.3 is 9.80 Å². The number of fused-ring (bicyclic) bond motifs is 1. The zero-order valence-corrected chi connectivity index (χ0v) is 22.7. The van der Waals surface area contributed by atoms with E-state index < -0.39 is 10.0 Å². The van der Waals surface area contributed by atoms with Crippen LogP contribution in [0.5, 0.6) is 0 Å². The molecule has 2 fully saturated rings. The van der Waals surface area contributed by atoms with E-state index in [1.165, 1.54) is 21.8 Å². The van der Waals surface area contributed by atoms with E-state index in [0.29, 0.717) is 43.9 Å². The van der Waals surface area contributed by atoms with Gasteiger partial charge in [-0.3, -0.25) is 14.3 Å². The van der Waals surface area contributed by atoms with Gasteiger partial charge in [-0.2, -0.15) is 9.40 Å². The first-order valence-corrected chi connectivity index (χ1v) is 14.9. The van der Waals surface area contributed by atoms with Crippen molar-refractivity contribution in [2.24, 2.45) is 5.92 Å². The third kappa shape index (κ3) is 5.05. The number of aryl methyl sites for hydroxylation is 1. The average molecular weight is 528 g/mol. The molecule has 0 unspecified atom stereocenters. The number of sulfonamides is 1. The van der Waals surface area contributed by atoms with E-state index >= 15 is 0 Å². The van der Waals surface area contributed by atoms with Crippen LogP contribution in [-0.4, -0.2) is 71.9 Å². The fourth-order valence-corrected chi connectivity index (χ4v) is 7.88. The van der Waals surface area contributed by atoms with Crippen molar-refractivity contribution in [3.63, 3.8) is 0 Å². The van der Waals surface area contributed by atoms with Gasteiger partial charge in [-0.05, 0) is 57.6 Å². The predicted molar refractivity (Wildman–Crippen MR) is 141 cm³/mol. The van der Waals surface area contributed by atoms with Gasteiger partial charge in [-0.1, -0.05) is 31.0 Å². The van der Waals surface area contributed by atoms with E-state index in [2.05, 4.69) is 5.10 Å². The van der Waals surface area contributed by atoms with Crippen LogP contribution in [0.15, 0.2) is 29.2 Å². The molecule has 10 heteroatoms. The number of carbonyl (C=O) groups excluding carboxylic acids is 2. The number of aromatic nitrogens is 2. The summed E-state index contributed by atoms with van der Waals surface area (Å²) in [5, 5.41) is 4.45. The Balaban J connectivity index is 1.26. The zero-order valence-electron chi connectivity index (χ0n) is 21.9. The lowest BCUT2D eigenvalue weighted by Crippen LogP contribution is -2.44. The standard InChI is InChI=1S/C27H37N5O4S/c1-20-26(21(2)32(28-20)19-25(33)31-18-13-22-9-5-6-10-24(22)31)37(35,36)30-16-11-23(12-17-30)27(34)29-14-7-3-4-8-15-29/h5-6,9-10,23H,3-4,7-8,11-19H2,1-2H3. The Labute approximate surface area is 219 Å². The number of carbonyl (C=O) groups is 2. The van der Waals surface area contributed by atoms with Crippen molar-refractivity contribution in [3.8, 4) is 0 Å². The van der Waals surface area contributed by atoms with Gasteiger partial charge in [0.25, 0.3) is 0 Å². The molecule has 2 saturated heterocycles. The van der Waals surface area contributed by atoms with Crippen molar-refractivity contribution in [2.45, 2.75) is 70.2 Å². The summed E-state index contributed by atoms with van der Waals surface area (Å²) in [6.45, 7) is 6.28. The third-order valence-electron chi connectivity index (χ3n) is 8.11. The second kappa shape index (κ2) is 10.6. The molecule has 200 valence electrons. The summed E-state index contributed by atoms with van der Waals surface area (Å²) in [6, 6.07) is 7.86. The van der Waals surface area contributed by atoms with Gasteiger partial charge in [0.2, 0.25) is 21.8 Å². The van der Waals surface area contributed by atoms with E-state index in [1.54, 1.807) is 18.7 Å². The molecule has 3 aliphatic heterocycles. The molecule has 0 spiro atoms. The minimum Gasteiger partial charge on any atom is -0.342 e. The molecule has 9 nitrogen and oxygen atoms in total. The molecule has 2 aromatic rings. The zero-order chi connectivity index (χ0) is 26.2. The lowest BCUT2D eigenvalue weighted by atomic mass is 9.96. The van der Waals surface area contributed by atoms with E-state index in [4.69, 9.17) is 0 Å². The normalized spacial score (nSPS) is 19.6. The summed E-state index contributed by atoms with van der Waals surface area (Å²) in [6.07, 6.45) is 6.33. The number of anilines is 1. The van der Waals surface area contributed by atoms with Crippen molar-refractivity contribution in [3.05, 3.63) is 41.2 Å². The molecule has 0 saturated carbocycles. The number of benzene rings is 1. The quantitative estimate of drug-likeness (QED) is 0.596. The van der Waals surface area contributed by atoms with Crippen molar-refractivity contribution in [2.75, 3.05) is 37.6 Å². The molecular weight excluding hydrogens is 490 g/mol. The highest BCUT2D eigenvalue weighted by atomic mass is 32.2. The van der Waals surface area contributed by atoms with Gasteiger partial charge >= 0.3 is 0 Å². The van der Waals surface area contributed by atoms with Crippen LogP contribution in [0.1, 0.15) is 55.5 Å². The number of piperidine rings is 1. The summed E-state index contributed by atoms with van der Waals surface area (Å²) in [5.74, 6) is -0.0381. The Morgan fingerprint density at radius 3 is 2.32 bits per heavy atom. The number of rotatable bonds is 5. The summed E-state index contributed by atoms with van der Waals surface area (Å²) >= 11 is 0. The van der Waals surface area contributed by atoms with Crippen LogP contribution >= 0.6 is 0 Å². The molecular formula is C27H37N5O4S. The highest BCUT2D eigenvalue weighted by Crippen LogP contribution is 2.30. The van der Waals surface area contributed by atoms with Crippen LogP contribution in [0.3, 0.4) is 0 Å². The van der Waals surface area contributed by atoms with E-state index in [-0.39, 0.29) is 29.2 Å². The minimum atomic E-state index is -3.79. The van der Waals surface area contributed by atoms with E-state index in [1.807, 2.05) is 29.2 Å². The van der Waals surface area contributed by atoms with Crippen LogP contribution in [0.2, 0.25) is 0 Å². The maximum absolute atomic E-state index is 13.7. The fourth-order valence-electron chi connectivity index (χ4n) is 6.04. The number of amides is 2. The smallest absolute Gasteiger partial charge is 0.248 e. The first-order chi connectivity index (χ1) is 17.8. The monoisotopic (exact) mass is 527 g/mol. The van der Waals surface area contributed by atoms with Gasteiger partial charge in [-0.25, -0.2) is 8.42 Å². The first-order valence-electron chi connectivity index (χ1n) is 13.5. The van der Waals surface area contributed by atoms with Crippen molar-refractivity contribution >= 4 is 27.5 Å². The summed E-state index contributed by atoms with van der Waals surface area (Å²) in [4.78, 5) is 30.1. The van der Waals surface area contributed by atoms with E-state index in [9.17, 15) is 18.0 Å². The van der Waals surface area contributed by atoms with Gasteiger partial charge in [0.15, 0.2) is 0 Å². The average Bonchev–Trinajstić information content (AvgIpc) is 3.31. The Kier molecular flexibility index (Phi) is 7.40. The SMILES string of the molecule is Cc1nn(CC(=O)N2CCc3ccccc32)c(C)c1S(=O)(=O)N1CCC(C(=O)N2CCCCCC2)CC1. The van der Waals surface area contributed by atoms with Gasteiger partial charge in [0.1, 0.15) is 11.4 Å². The predicted octanol–water partition coefficient (Wildman–Crippen LogP) is 2.89. The largest absolute Gasteiger partial charge is 0.342 e. The Morgan fingerprint density at radius 1 is 0.946 bits per heavy atom. The maximum atomic E-state index is 13.7. The number of likely N-dealkylation sites (tertiary alicyclic amines) is 1. The second-order valence-corrected chi connectivity index (χ2v) is 12.4. The van der Waals surface area contributed by atoms with Crippen LogP contribution < -0.4 is 4.90 Å². The number of hydrogen-bond donors (Lipinski definition) is 0. The summed E-state index contributed by atoms with van der Waals surface area (Å²) < 4.78 is 30.3. The van der Waals surface area contributed by atoms with Gasteiger partial charge in [0, 0.05) is 44.3 Å². The lowest BCUT2D eigenvalue weighted by molar-refractivity contribution is -0.136. The topological polar surface area (TPSA) is 95.8 Å². The van der Waals surface area contributed by atoms with E-state index in [0.717, 1.165) is 43.6 Å². The Hall–Kier alpha value is -2.72. The van der Waals surface area contributed by atoms with Crippen LogP contribution in [0.25, 0.3) is 0 Å². The van der Waals surface area contributed by atoms with Crippen molar-refractivity contribution in [1.82, 2.24) is 19.0 Å². The first kappa shape index (κ1) is 25.9. The van der Waals surface area contributed by atoms with Gasteiger partial charge in [-0.15, -0.1) is 0 Å². The third-order valence-corrected chi connectivity index (χ3v) is 10.3. The number of hydrogen-bond acceptors (Lipinski definition) is 5. The van der Waals surface area contributed by atoms with Crippen LogP contribution in [0.4, 0.5) is 5.69 Å². The van der Waals surface area contributed by atoms with Crippen molar-refractivity contribution < 1.29 is 18.0 Å². The fraction of sp³-hybridized carbons (Fsp3) is 0.593. The lowest BCUT2D eigenvalue weighted by Gasteiger charge is -2.33. The van der Waals surface area contributed by atoms with Crippen LogP contribution in [-0.2, 0) is 32.6 Å².